The van der Waals surface area contributed by atoms with Crippen molar-refractivity contribution in [3.8, 4) is 0 Å². The third-order valence-electron chi connectivity index (χ3n) is 2.16. The van der Waals surface area contributed by atoms with Gasteiger partial charge in [-0.1, -0.05) is 36.2 Å². The smallest absolute Gasteiger partial charge is 0.0955 e. The van der Waals surface area contributed by atoms with Crippen molar-refractivity contribution >= 4 is 23.2 Å². The van der Waals surface area contributed by atoms with Crippen LogP contribution in [0.1, 0.15) is 25.0 Å². The van der Waals surface area contributed by atoms with Crippen molar-refractivity contribution in [1.29, 1.82) is 0 Å². The minimum Gasteiger partial charge on any atom is -0.387 e. The average molecular weight is 234 g/mol. The van der Waals surface area contributed by atoms with Crippen molar-refractivity contribution in [2.24, 2.45) is 5.73 Å². The monoisotopic (exact) mass is 233 g/mol. The van der Waals surface area contributed by atoms with Gasteiger partial charge in [-0.05, 0) is 18.6 Å². The lowest BCUT2D eigenvalue weighted by Crippen LogP contribution is -2.27. The van der Waals surface area contributed by atoms with Crippen LogP contribution in [-0.4, -0.2) is 11.1 Å². The van der Waals surface area contributed by atoms with Crippen LogP contribution in [0, 0.1) is 0 Å². The fourth-order valence-electron chi connectivity index (χ4n) is 1.20. The molecule has 0 aliphatic carbocycles. The van der Waals surface area contributed by atoms with Gasteiger partial charge in [-0.3, -0.25) is 0 Å². The molecule has 0 saturated carbocycles. The van der Waals surface area contributed by atoms with Crippen molar-refractivity contribution < 1.29 is 5.11 Å². The van der Waals surface area contributed by atoms with E-state index in [1.165, 1.54) is 0 Å². The summed E-state index contributed by atoms with van der Waals surface area (Å²) in [5.74, 6) is 0. The molecule has 2 nitrogen and oxygen atoms in total. The van der Waals surface area contributed by atoms with Crippen LogP contribution in [0.5, 0.6) is 0 Å². The van der Waals surface area contributed by atoms with Crippen LogP contribution < -0.4 is 5.73 Å². The van der Waals surface area contributed by atoms with Crippen molar-refractivity contribution in [3.05, 3.63) is 33.8 Å². The van der Waals surface area contributed by atoms with Gasteiger partial charge in [0.2, 0.25) is 0 Å². The topological polar surface area (TPSA) is 46.2 Å². The second kappa shape index (κ2) is 4.99. The molecular weight excluding hydrogens is 221 g/mol. The molecule has 4 heteroatoms. The maximum atomic E-state index is 9.81. The van der Waals surface area contributed by atoms with Gasteiger partial charge >= 0.3 is 0 Å². The number of hydrogen-bond acceptors (Lipinski definition) is 2. The molecular formula is C10H13Cl2NO. The van der Waals surface area contributed by atoms with Gasteiger partial charge in [-0.25, -0.2) is 0 Å². The second-order valence-corrected chi connectivity index (χ2v) is 4.03. The molecule has 0 aromatic heterocycles. The molecule has 0 heterocycles. The molecule has 1 aromatic rings. The first-order valence-corrected chi connectivity index (χ1v) is 5.20. The molecule has 0 unspecified atom stereocenters. The van der Waals surface area contributed by atoms with E-state index in [0.717, 1.165) is 0 Å². The Kier molecular flexibility index (Phi) is 4.20. The minimum atomic E-state index is -0.732. The SMILES string of the molecule is CC[C@@H](N)[C@@H](O)c1ccc(Cl)cc1Cl. The van der Waals surface area contributed by atoms with Crippen molar-refractivity contribution in [2.45, 2.75) is 25.5 Å². The standard InChI is InChI=1S/C10H13Cl2NO/c1-2-9(13)10(14)7-4-3-6(11)5-8(7)12/h3-5,9-10,14H,2,13H2,1H3/t9-,10+/m1/s1. The van der Waals surface area contributed by atoms with E-state index in [0.29, 0.717) is 22.0 Å². The third-order valence-corrected chi connectivity index (χ3v) is 2.72. The first-order chi connectivity index (χ1) is 6.56. The Morgan fingerprint density at radius 1 is 1.43 bits per heavy atom. The summed E-state index contributed by atoms with van der Waals surface area (Å²) in [6.07, 6.45) is -0.0371. The molecule has 0 spiro atoms. The molecule has 2 atom stereocenters. The van der Waals surface area contributed by atoms with E-state index in [4.69, 9.17) is 28.9 Å². The van der Waals surface area contributed by atoms with Crippen LogP contribution in [0.15, 0.2) is 18.2 Å². The maximum Gasteiger partial charge on any atom is 0.0955 e. The molecule has 78 valence electrons. The number of aliphatic hydroxyl groups is 1. The molecule has 14 heavy (non-hydrogen) atoms. The first kappa shape index (κ1) is 11.8. The predicted molar refractivity (Wildman–Crippen MR) is 59.7 cm³/mol. The fourth-order valence-corrected chi connectivity index (χ4v) is 1.72. The molecule has 0 fully saturated rings. The van der Waals surface area contributed by atoms with Crippen molar-refractivity contribution in [2.75, 3.05) is 0 Å². The Morgan fingerprint density at radius 3 is 2.57 bits per heavy atom. The molecule has 0 bridgehead atoms. The minimum absolute atomic E-state index is 0.298. The quantitative estimate of drug-likeness (QED) is 0.844. The molecule has 1 rings (SSSR count). The van der Waals surface area contributed by atoms with Gasteiger partial charge in [0.15, 0.2) is 0 Å². The number of rotatable bonds is 3. The molecule has 0 amide bonds. The van der Waals surface area contributed by atoms with Crippen LogP contribution in [0.2, 0.25) is 10.0 Å². The number of aliphatic hydroxyl groups excluding tert-OH is 1. The summed E-state index contributed by atoms with van der Waals surface area (Å²) < 4.78 is 0. The van der Waals surface area contributed by atoms with E-state index < -0.39 is 6.10 Å². The highest BCUT2D eigenvalue weighted by Crippen LogP contribution is 2.28. The summed E-state index contributed by atoms with van der Waals surface area (Å²) in [4.78, 5) is 0. The lowest BCUT2D eigenvalue weighted by molar-refractivity contribution is 0.144. The van der Waals surface area contributed by atoms with Crippen molar-refractivity contribution in [1.82, 2.24) is 0 Å². The summed E-state index contributed by atoms with van der Waals surface area (Å²) in [7, 11) is 0. The summed E-state index contributed by atoms with van der Waals surface area (Å²) in [5.41, 5.74) is 6.34. The van der Waals surface area contributed by atoms with E-state index in [1.54, 1.807) is 18.2 Å². The molecule has 3 N–H and O–H groups in total. The van der Waals surface area contributed by atoms with E-state index in [2.05, 4.69) is 0 Å². The fraction of sp³-hybridized carbons (Fsp3) is 0.400. The molecule has 0 radical (unpaired) electrons. The zero-order valence-corrected chi connectivity index (χ0v) is 9.39. The van der Waals surface area contributed by atoms with E-state index in [-0.39, 0.29) is 6.04 Å². The summed E-state index contributed by atoms with van der Waals surface area (Å²) >= 11 is 11.7. The summed E-state index contributed by atoms with van der Waals surface area (Å²) in [5, 5.41) is 10.8. The molecule has 0 aliphatic rings. The Hall–Kier alpha value is -0.280. The van der Waals surface area contributed by atoms with Crippen molar-refractivity contribution in [3.63, 3.8) is 0 Å². The predicted octanol–water partition coefficient (Wildman–Crippen LogP) is 2.76. The summed E-state index contributed by atoms with van der Waals surface area (Å²) in [6.45, 7) is 1.91. The number of halogens is 2. The number of benzene rings is 1. The van der Waals surface area contributed by atoms with Gasteiger partial charge < -0.3 is 10.8 Å². The Morgan fingerprint density at radius 2 is 2.07 bits per heavy atom. The highest BCUT2D eigenvalue weighted by Gasteiger charge is 2.17. The highest BCUT2D eigenvalue weighted by atomic mass is 35.5. The van der Waals surface area contributed by atoms with Gasteiger partial charge in [0.25, 0.3) is 0 Å². The van der Waals surface area contributed by atoms with Gasteiger partial charge in [-0.15, -0.1) is 0 Å². The highest BCUT2D eigenvalue weighted by molar-refractivity contribution is 6.35. The van der Waals surface area contributed by atoms with Gasteiger partial charge in [0.1, 0.15) is 0 Å². The third kappa shape index (κ3) is 2.61. The normalized spacial score (nSPS) is 15.2. The Labute approximate surface area is 93.6 Å². The zero-order valence-electron chi connectivity index (χ0n) is 7.87. The largest absolute Gasteiger partial charge is 0.387 e. The number of nitrogens with two attached hydrogens (primary N) is 1. The molecule has 0 aliphatic heterocycles. The molecule has 1 aromatic carbocycles. The lowest BCUT2D eigenvalue weighted by Gasteiger charge is -2.18. The number of hydrogen-bond donors (Lipinski definition) is 2. The Balaban J connectivity index is 2.95. The van der Waals surface area contributed by atoms with Gasteiger partial charge in [0, 0.05) is 21.7 Å². The van der Waals surface area contributed by atoms with E-state index in [1.807, 2.05) is 6.92 Å². The first-order valence-electron chi connectivity index (χ1n) is 4.44. The lowest BCUT2D eigenvalue weighted by atomic mass is 10.0. The van der Waals surface area contributed by atoms with Gasteiger partial charge in [0.05, 0.1) is 6.10 Å². The van der Waals surface area contributed by atoms with Crippen LogP contribution in [0.25, 0.3) is 0 Å². The summed E-state index contributed by atoms with van der Waals surface area (Å²) in [6, 6.07) is 4.69. The molecule has 0 saturated heterocycles. The van der Waals surface area contributed by atoms with Crippen LogP contribution >= 0.6 is 23.2 Å². The zero-order chi connectivity index (χ0) is 10.7. The van der Waals surface area contributed by atoms with Gasteiger partial charge in [-0.2, -0.15) is 0 Å². The van der Waals surface area contributed by atoms with E-state index >= 15 is 0 Å². The van der Waals surface area contributed by atoms with E-state index in [9.17, 15) is 5.11 Å². The average Bonchev–Trinajstić information content (AvgIpc) is 2.15. The van der Waals surface area contributed by atoms with Crippen LogP contribution in [0.3, 0.4) is 0 Å². The van der Waals surface area contributed by atoms with Crippen LogP contribution in [0.4, 0.5) is 0 Å². The Bertz CT molecular complexity index is 317. The maximum absolute atomic E-state index is 9.81. The second-order valence-electron chi connectivity index (χ2n) is 3.18. The van der Waals surface area contributed by atoms with Crippen LogP contribution in [-0.2, 0) is 0 Å².